The van der Waals surface area contributed by atoms with E-state index in [0.717, 1.165) is 11.3 Å². The van der Waals surface area contributed by atoms with Crippen molar-refractivity contribution < 1.29 is 9.90 Å². The zero-order valence-corrected chi connectivity index (χ0v) is 9.49. The highest BCUT2D eigenvalue weighted by Crippen LogP contribution is 2.27. The highest BCUT2D eigenvalue weighted by molar-refractivity contribution is 5.68. The first-order chi connectivity index (χ1) is 7.65. The number of carboxylic acids is 1. The number of aliphatic carboxylic acids is 1. The number of benzene rings is 1. The van der Waals surface area contributed by atoms with Crippen LogP contribution < -0.4 is 5.32 Å². The van der Waals surface area contributed by atoms with Crippen molar-refractivity contribution in [3.8, 4) is 0 Å². The molecule has 1 aromatic rings. The minimum atomic E-state index is -0.737. The van der Waals surface area contributed by atoms with Crippen LogP contribution in [0.2, 0.25) is 0 Å². The third-order valence-corrected chi connectivity index (χ3v) is 2.81. The SMILES string of the molecule is Cc1ccc(NC2CC2)c(CCC(=O)O)c1. The standard InChI is InChI=1S/C13H17NO2/c1-9-2-6-12(14-11-4-5-11)10(8-9)3-7-13(15)16/h2,6,8,11,14H,3-5,7H2,1H3,(H,15,16). The molecular formula is C13H17NO2. The van der Waals surface area contributed by atoms with Crippen LogP contribution in [-0.4, -0.2) is 17.1 Å². The molecule has 2 rings (SSSR count). The zero-order chi connectivity index (χ0) is 11.5. The number of rotatable bonds is 5. The van der Waals surface area contributed by atoms with E-state index in [1.165, 1.54) is 18.4 Å². The molecule has 0 aromatic heterocycles. The Kier molecular flexibility index (Phi) is 3.13. The summed E-state index contributed by atoms with van der Waals surface area (Å²) in [5, 5.41) is 12.2. The molecule has 1 aliphatic rings. The van der Waals surface area contributed by atoms with Gasteiger partial charge in [-0.15, -0.1) is 0 Å². The minimum absolute atomic E-state index is 0.197. The summed E-state index contributed by atoms with van der Waals surface area (Å²) in [6, 6.07) is 6.80. The summed E-state index contributed by atoms with van der Waals surface area (Å²) in [5.41, 5.74) is 3.41. The molecule has 1 fully saturated rings. The van der Waals surface area contributed by atoms with E-state index in [2.05, 4.69) is 23.5 Å². The Morgan fingerprint density at radius 2 is 2.25 bits per heavy atom. The summed E-state index contributed by atoms with van der Waals surface area (Å²) in [6.07, 6.45) is 3.26. The summed E-state index contributed by atoms with van der Waals surface area (Å²) in [6.45, 7) is 2.03. The summed E-state index contributed by atoms with van der Waals surface area (Å²) in [7, 11) is 0. The fourth-order valence-electron chi connectivity index (χ4n) is 1.76. The van der Waals surface area contributed by atoms with Crippen molar-refractivity contribution in [1.29, 1.82) is 0 Å². The molecule has 1 aromatic carbocycles. The van der Waals surface area contributed by atoms with Gasteiger partial charge in [0, 0.05) is 18.2 Å². The average molecular weight is 219 g/mol. The van der Waals surface area contributed by atoms with E-state index in [0.29, 0.717) is 12.5 Å². The maximum atomic E-state index is 10.6. The van der Waals surface area contributed by atoms with Crippen LogP contribution >= 0.6 is 0 Å². The van der Waals surface area contributed by atoms with Gasteiger partial charge in [-0.05, 0) is 37.8 Å². The number of anilines is 1. The van der Waals surface area contributed by atoms with Crippen molar-refractivity contribution in [3.63, 3.8) is 0 Å². The normalized spacial score (nSPS) is 14.8. The van der Waals surface area contributed by atoms with Crippen molar-refractivity contribution in [3.05, 3.63) is 29.3 Å². The van der Waals surface area contributed by atoms with E-state index >= 15 is 0 Å². The third-order valence-electron chi connectivity index (χ3n) is 2.81. The van der Waals surface area contributed by atoms with Crippen molar-refractivity contribution in [2.75, 3.05) is 5.32 Å². The fraction of sp³-hybridized carbons (Fsp3) is 0.462. The van der Waals surface area contributed by atoms with Gasteiger partial charge in [-0.1, -0.05) is 17.7 Å². The first-order valence-electron chi connectivity index (χ1n) is 5.73. The highest BCUT2D eigenvalue weighted by Gasteiger charge is 2.21. The van der Waals surface area contributed by atoms with Crippen molar-refractivity contribution in [1.82, 2.24) is 0 Å². The molecule has 0 spiro atoms. The van der Waals surface area contributed by atoms with Crippen molar-refractivity contribution >= 4 is 11.7 Å². The molecule has 0 saturated heterocycles. The maximum absolute atomic E-state index is 10.6. The predicted molar refractivity (Wildman–Crippen MR) is 63.8 cm³/mol. The Morgan fingerprint density at radius 1 is 1.50 bits per heavy atom. The van der Waals surface area contributed by atoms with E-state index in [1.54, 1.807) is 0 Å². The second-order valence-corrected chi connectivity index (χ2v) is 4.47. The van der Waals surface area contributed by atoms with E-state index in [1.807, 2.05) is 6.92 Å². The Morgan fingerprint density at radius 3 is 2.88 bits per heavy atom. The predicted octanol–water partition coefficient (Wildman–Crippen LogP) is 2.59. The molecule has 0 atom stereocenters. The molecule has 0 unspecified atom stereocenters. The number of carbonyl (C=O) groups is 1. The quantitative estimate of drug-likeness (QED) is 0.800. The van der Waals surface area contributed by atoms with Crippen LogP contribution in [0, 0.1) is 6.92 Å². The topological polar surface area (TPSA) is 49.3 Å². The lowest BCUT2D eigenvalue weighted by molar-refractivity contribution is -0.136. The molecule has 3 nitrogen and oxygen atoms in total. The molecule has 3 heteroatoms. The lowest BCUT2D eigenvalue weighted by Gasteiger charge is -2.11. The molecule has 0 heterocycles. The number of hydrogen-bond acceptors (Lipinski definition) is 2. The van der Waals surface area contributed by atoms with E-state index in [4.69, 9.17) is 5.11 Å². The second-order valence-electron chi connectivity index (χ2n) is 4.47. The zero-order valence-electron chi connectivity index (χ0n) is 9.49. The van der Waals surface area contributed by atoms with Crippen LogP contribution in [0.25, 0.3) is 0 Å². The Balaban J connectivity index is 2.10. The van der Waals surface area contributed by atoms with Crippen molar-refractivity contribution in [2.45, 2.75) is 38.6 Å². The van der Waals surface area contributed by atoms with Gasteiger partial charge in [0.25, 0.3) is 0 Å². The van der Waals surface area contributed by atoms with Gasteiger partial charge in [0.1, 0.15) is 0 Å². The fourth-order valence-corrected chi connectivity index (χ4v) is 1.76. The maximum Gasteiger partial charge on any atom is 0.303 e. The monoisotopic (exact) mass is 219 g/mol. The molecule has 1 saturated carbocycles. The minimum Gasteiger partial charge on any atom is -0.481 e. The summed E-state index contributed by atoms with van der Waals surface area (Å²) in [4.78, 5) is 10.6. The number of nitrogens with one attached hydrogen (secondary N) is 1. The van der Waals surface area contributed by atoms with Gasteiger partial charge in [0.2, 0.25) is 0 Å². The van der Waals surface area contributed by atoms with Gasteiger partial charge in [-0.3, -0.25) is 4.79 Å². The lowest BCUT2D eigenvalue weighted by Crippen LogP contribution is -2.06. The molecule has 0 amide bonds. The molecule has 86 valence electrons. The summed E-state index contributed by atoms with van der Waals surface area (Å²) >= 11 is 0. The van der Waals surface area contributed by atoms with Gasteiger partial charge >= 0.3 is 5.97 Å². The molecule has 2 N–H and O–H groups in total. The summed E-state index contributed by atoms with van der Waals surface area (Å²) in [5.74, 6) is -0.737. The van der Waals surface area contributed by atoms with Crippen LogP contribution in [0.1, 0.15) is 30.4 Å². The number of carboxylic acid groups (broad SMARTS) is 1. The Hall–Kier alpha value is -1.51. The van der Waals surface area contributed by atoms with Crippen LogP contribution in [-0.2, 0) is 11.2 Å². The van der Waals surface area contributed by atoms with Gasteiger partial charge in [-0.2, -0.15) is 0 Å². The first-order valence-corrected chi connectivity index (χ1v) is 5.73. The lowest BCUT2D eigenvalue weighted by atomic mass is 10.0. The highest BCUT2D eigenvalue weighted by atomic mass is 16.4. The molecule has 0 radical (unpaired) electrons. The van der Waals surface area contributed by atoms with Gasteiger partial charge < -0.3 is 10.4 Å². The third kappa shape index (κ3) is 2.99. The molecule has 0 bridgehead atoms. The van der Waals surface area contributed by atoms with Gasteiger partial charge in [0.05, 0.1) is 0 Å². The Labute approximate surface area is 95.5 Å². The van der Waals surface area contributed by atoms with Crippen LogP contribution in [0.5, 0.6) is 0 Å². The second kappa shape index (κ2) is 4.56. The number of hydrogen-bond donors (Lipinski definition) is 2. The molecular weight excluding hydrogens is 202 g/mol. The molecule has 16 heavy (non-hydrogen) atoms. The van der Waals surface area contributed by atoms with Crippen LogP contribution in [0.4, 0.5) is 5.69 Å². The average Bonchev–Trinajstić information content (AvgIpc) is 3.02. The molecule has 0 aliphatic heterocycles. The van der Waals surface area contributed by atoms with Crippen LogP contribution in [0.15, 0.2) is 18.2 Å². The Bertz CT molecular complexity index is 397. The van der Waals surface area contributed by atoms with Gasteiger partial charge in [-0.25, -0.2) is 0 Å². The van der Waals surface area contributed by atoms with E-state index in [9.17, 15) is 4.79 Å². The summed E-state index contributed by atoms with van der Waals surface area (Å²) < 4.78 is 0. The number of aryl methyl sites for hydroxylation is 2. The smallest absolute Gasteiger partial charge is 0.303 e. The van der Waals surface area contributed by atoms with E-state index in [-0.39, 0.29) is 6.42 Å². The first kappa shape index (κ1) is 11.0. The van der Waals surface area contributed by atoms with E-state index < -0.39 is 5.97 Å². The largest absolute Gasteiger partial charge is 0.481 e. The molecule has 1 aliphatic carbocycles. The van der Waals surface area contributed by atoms with Crippen molar-refractivity contribution in [2.24, 2.45) is 0 Å². The van der Waals surface area contributed by atoms with Crippen LogP contribution in [0.3, 0.4) is 0 Å². The van der Waals surface area contributed by atoms with Gasteiger partial charge in [0.15, 0.2) is 0 Å².